The number of hydrogen-bond acceptors (Lipinski definition) is 6. The Morgan fingerprint density at radius 2 is 1.86 bits per heavy atom. The first-order chi connectivity index (χ1) is 17.7. The second kappa shape index (κ2) is 11.0. The van der Waals surface area contributed by atoms with E-state index in [-0.39, 0.29) is 35.8 Å². The second-order valence-electron chi connectivity index (χ2n) is 9.75. The van der Waals surface area contributed by atoms with E-state index in [4.69, 9.17) is 21.1 Å². The van der Waals surface area contributed by atoms with Gasteiger partial charge in [0, 0.05) is 24.7 Å². The van der Waals surface area contributed by atoms with E-state index in [1.54, 1.807) is 17.9 Å². The fourth-order valence-corrected chi connectivity index (χ4v) is 5.21. The van der Waals surface area contributed by atoms with Gasteiger partial charge in [-0.15, -0.1) is 0 Å². The summed E-state index contributed by atoms with van der Waals surface area (Å²) in [4.78, 5) is 41.8. The number of unbranched alkanes of at least 4 members (excludes halogenated alkanes) is 1. The lowest BCUT2D eigenvalue weighted by atomic mass is 9.94. The number of fused-ring (bicyclic) bond motifs is 1. The number of methoxy groups -OCH3 is 2. The first-order valence-electron chi connectivity index (χ1n) is 12.7. The average molecular weight is 532 g/mol. The van der Waals surface area contributed by atoms with Crippen molar-refractivity contribution in [3.05, 3.63) is 34.6 Å². The molecule has 1 aromatic carbocycles. The highest BCUT2D eigenvalue weighted by Gasteiger charge is 2.48. The third kappa shape index (κ3) is 5.25. The van der Waals surface area contributed by atoms with Gasteiger partial charge in [0.1, 0.15) is 22.7 Å². The number of benzene rings is 1. The maximum atomic E-state index is 13.6. The molecule has 0 radical (unpaired) electrons. The van der Waals surface area contributed by atoms with Crippen molar-refractivity contribution >= 4 is 35.0 Å². The predicted octanol–water partition coefficient (Wildman–Crippen LogP) is 3.88. The van der Waals surface area contributed by atoms with Gasteiger partial charge in [-0.1, -0.05) is 37.8 Å². The van der Waals surface area contributed by atoms with Gasteiger partial charge in [0.05, 0.1) is 31.5 Å². The summed E-state index contributed by atoms with van der Waals surface area (Å²) in [5.74, 6) is -0.279. The lowest BCUT2D eigenvalue weighted by Gasteiger charge is -2.43. The Hall–Kier alpha value is -3.27. The minimum atomic E-state index is -1.12. The van der Waals surface area contributed by atoms with Gasteiger partial charge in [-0.25, -0.2) is 0 Å². The van der Waals surface area contributed by atoms with E-state index >= 15 is 0 Å². The van der Waals surface area contributed by atoms with Crippen LogP contribution in [0.25, 0.3) is 0 Å². The number of nitrogens with zero attached hydrogens (tertiary/aromatic N) is 3. The SMILES string of the molecule is CCCCN1C(=O)c2cc(C(=O)Nc3cc(Cl)c(OC)cc3OC)nn2C[C@]1(C)C(=O)NC1CCCC1. The van der Waals surface area contributed by atoms with Crippen LogP contribution in [0.2, 0.25) is 5.02 Å². The Morgan fingerprint density at radius 3 is 2.51 bits per heavy atom. The molecule has 0 bridgehead atoms. The number of amides is 3. The van der Waals surface area contributed by atoms with Gasteiger partial charge in [-0.2, -0.15) is 5.10 Å². The molecule has 2 heterocycles. The number of anilines is 1. The van der Waals surface area contributed by atoms with Crippen LogP contribution in [0.3, 0.4) is 0 Å². The molecule has 1 atom stereocenters. The summed E-state index contributed by atoms with van der Waals surface area (Å²) < 4.78 is 12.0. The second-order valence-corrected chi connectivity index (χ2v) is 10.2. The number of carbonyl (C=O) groups is 3. The Bertz CT molecular complexity index is 1190. The van der Waals surface area contributed by atoms with Crippen LogP contribution in [0.1, 0.15) is 73.3 Å². The zero-order valence-electron chi connectivity index (χ0n) is 21.7. The van der Waals surface area contributed by atoms with Crippen molar-refractivity contribution in [2.45, 2.75) is 70.5 Å². The molecule has 1 aliphatic heterocycles. The maximum Gasteiger partial charge on any atom is 0.276 e. The number of nitrogens with one attached hydrogen (secondary N) is 2. The molecule has 1 aliphatic carbocycles. The zero-order valence-corrected chi connectivity index (χ0v) is 22.5. The van der Waals surface area contributed by atoms with Crippen LogP contribution in [-0.4, -0.2) is 64.7 Å². The first kappa shape index (κ1) is 26.8. The van der Waals surface area contributed by atoms with Crippen LogP contribution in [0.15, 0.2) is 18.2 Å². The predicted molar refractivity (Wildman–Crippen MR) is 139 cm³/mol. The lowest BCUT2D eigenvalue weighted by Crippen LogP contribution is -2.65. The first-order valence-corrected chi connectivity index (χ1v) is 13.0. The molecule has 11 heteroatoms. The van der Waals surface area contributed by atoms with E-state index < -0.39 is 11.4 Å². The Kier molecular flexibility index (Phi) is 7.96. The van der Waals surface area contributed by atoms with Gasteiger partial charge in [-0.3, -0.25) is 19.1 Å². The summed E-state index contributed by atoms with van der Waals surface area (Å²) >= 11 is 6.23. The van der Waals surface area contributed by atoms with Gasteiger partial charge in [0.25, 0.3) is 11.8 Å². The van der Waals surface area contributed by atoms with Crippen LogP contribution in [-0.2, 0) is 11.3 Å². The van der Waals surface area contributed by atoms with E-state index in [9.17, 15) is 14.4 Å². The normalized spacial score (nSPS) is 19.5. The minimum absolute atomic E-state index is 0.0493. The number of halogens is 1. The number of hydrogen-bond donors (Lipinski definition) is 2. The number of rotatable bonds is 9. The Labute approximate surface area is 221 Å². The maximum absolute atomic E-state index is 13.6. The molecule has 4 rings (SSSR count). The zero-order chi connectivity index (χ0) is 26.7. The number of ether oxygens (including phenoxy) is 2. The van der Waals surface area contributed by atoms with Crippen molar-refractivity contribution in [2.75, 3.05) is 26.1 Å². The molecule has 0 saturated heterocycles. The molecule has 200 valence electrons. The summed E-state index contributed by atoms with van der Waals surface area (Å²) in [6.45, 7) is 4.41. The van der Waals surface area contributed by atoms with Crippen LogP contribution >= 0.6 is 11.6 Å². The van der Waals surface area contributed by atoms with E-state index in [1.165, 1.54) is 31.0 Å². The van der Waals surface area contributed by atoms with E-state index in [0.717, 1.165) is 38.5 Å². The summed E-state index contributed by atoms with van der Waals surface area (Å²) in [7, 11) is 2.95. The Balaban J connectivity index is 1.61. The van der Waals surface area contributed by atoms with Crippen LogP contribution in [0.5, 0.6) is 11.5 Å². The fraction of sp³-hybridized carbons (Fsp3) is 0.538. The molecular formula is C26H34ClN5O5. The molecule has 0 spiro atoms. The summed E-state index contributed by atoms with van der Waals surface area (Å²) in [5.41, 5.74) is -0.463. The molecule has 10 nitrogen and oxygen atoms in total. The fourth-order valence-electron chi connectivity index (χ4n) is 4.97. The monoisotopic (exact) mass is 531 g/mol. The van der Waals surface area contributed by atoms with Crippen molar-refractivity contribution in [3.8, 4) is 11.5 Å². The third-order valence-corrected chi connectivity index (χ3v) is 7.46. The molecule has 3 amide bonds. The molecule has 37 heavy (non-hydrogen) atoms. The van der Waals surface area contributed by atoms with Crippen molar-refractivity contribution in [2.24, 2.45) is 0 Å². The lowest BCUT2D eigenvalue weighted by molar-refractivity contribution is -0.133. The number of carbonyl (C=O) groups excluding carboxylic acids is 3. The Morgan fingerprint density at radius 1 is 1.16 bits per heavy atom. The standard InChI is InChI=1S/C26H34ClN5O5/c1-5-6-11-31-24(34)20-13-19(23(33)29-18-12-17(27)21(36-3)14-22(18)37-4)30-32(20)15-26(31,2)25(35)28-16-9-7-8-10-16/h12-14,16H,5-11,15H2,1-4H3,(H,28,35)(H,29,33)/t26-/m1/s1. The van der Waals surface area contributed by atoms with E-state index in [0.29, 0.717) is 28.8 Å². The average Bonchev–Trinajstić information content (AvgIpc) is 3.54. The molecule has 1 aromatic heterocycles. The summed E-state index contributed by atoms with van der Waals surface area (Å²) in [5, 5.41) is 10.6. The highest BCUT2D eigenvalue weighted by molar-refractivity contribution is 6.32. The highest BCUT2D eigenvalue weighted by atomic mass is 35.5. The molecule has 2 N–H and O–H groups in total. The molecular weight excluding hydrogens is 498 g/mol. The van der Waals surface area contributed by atoms with Crippen molar-refractivity contribution in [1.82, 2.24) is 20.0 Å². The van der Waals surface area contributed by atoms with Crippen LogP contribution in [0.4, 0.5) is 5.69 Å². The van der Waals surface area contributed by atoms with Gasteiger partial charge in [0.2, 0.25) is 5.91 Å². The molecule has 1 fully saturated rings. The van der Waals surface area contributed by atoms with E-state index in [2.05, 4.69) is 15.7 Å². The van der Waals surface area contributed by atoms with Gasteiger partial charge >= 0.3 is 0 Å². The van der Waals surface area contributed by atoms with Crippen molar-refractivity contribution in [1.29, 1.82) is 0 Å². The molecule has 2 aliphatic rings. The van der Waals surface area contributed by atoms with Gasteiger partial charge < -0.3 is 25.0 Å². The number of aromatic nitrogens is 2. The van der Waals surface area contributed by atoms with E-state index in [1.807, 2.05) is 6.92 Å². The largest absolute Gasteiger partial charge is 0.495 e. The topological polar surface area (TPSA) is 115 Å². The quantitative estimate of drug-likeness (QED) is 0.507. The van der Waals surface area contributed by atoms with Crippen molar-refractivity contribution < 1.29 is 23.9 Å². The van der Waals surface area contributed by atoms with Crippen LogP contribution in [0, 0.1) is 0 Å². The smallest absolute Gasteiger partial charge is 0.276 e. The van der Waals surface area contributed by atoms with Gasteiger partial charge in [0.15, 0.2) is 5.69 Å². The van der Waals surface area contributed by atoms with Crippen LogP contribution < -0.4 is 20.1 Å². The summed E-state index contributed by atoms with van der Waals surface area (Å²) in [6.07, 6.45) is 5.71. The minimum Gasteiger partial charge on any atom is -0.495 e. The third-order valence-electron chi connectivity index (χ3n) is 7.17. The van der Waals surface area contributed by atoms with Crippen molar-refractivity contribution in [3.63, 3.8) is 0 Å². The molecule has 1 saturated carbocycles. The highest BCUT2D eigenvalue weighted by Crippen LogP contribution is 2.36. The molecule has 2 aromatic rings. The molecule has 0 unspecified atom stereocenters. The summed E-state index contributed by atoms with van der Waals surface area (Å²) in [6, 6.07) is 4.68. The van der Waals surface area contributed by atoms with Gasteiger partial charge in [-0.05, 0) is 32.3 Å².